The van der Waals surface area contributed by atoms with E-state index in [1.807, 2.05) is 13.2 Å². The third-order valence-electron chi connectivity index (χ3n) is 4.32. The van der Waals surface area contributed by atoms with Crippen molar-refractivity contribution >= 4 is 11.6 Å². The third-order valence-corrected chi connectivity index (χ3v) is 4.32. The minimum atomic E-state index is 0.587. The number of nitrogens with zero attached hydrogens (tertiary/aromatic N) is 3. The highest BCUT2D eigenvalue weighted by atomic mass is 15.2. The van der Waals surface area contributed by atoms with Gasteiger partial charge in [0.2, 0.25) is 0 Å². The molecule has 22 heavy (non-hydrogen) atoms. The van der Waals surface area contributed by atoms with E-state index in [0.717, 1.165) is 30.3 Å². The molecular formula is C17H25N5. The molecule has 1 fully saturated rings. The summed E-state index contributed by atoms with van der Waals surface area (Å²) in [6.07, 6.45) is 10.2. The summed E-state index contributed by atoms with van der Waals surface area (Å²) in [4.78, 5) is 9.01. The first kappa shape index (κ1) is 14.9. The van der Waals surface area contributed by atoms with Crippen LogP contribution in [0.15, 0.2) is 29.5 Å². The van der Waals surface area contributed by atoms with Crippen molar-refractivity contribution in [3.8, 4) is 0 Å². The lowest BCUT2D eigenvalue weighted by molar-refractivity contribution is 0.613. The standard InChI is InChI=1S/C17H25N5/c1-13-6-5-11-22-12-15(20-16(13)22)9-10-19-17(18-2)21-14-7-3-4-8-14/h5-6,11-12,14H,3-4,7-10H2,1-2H3,(H2,18,19,21). The number of hydrogen-bond acceptors (Lipinski definition) is 2. The molecule has 0 atom stereocenters. The Morgan fingerprint density at radius 1 is 1.41 bits per heavy atom. The van der Waals surface area contributed by atoms with Gasteiger partial charge >= 0.3 is 0 Å². The number of fused-ring (bicyclic) bond motifs is 1. The Bertz CT molecular complexity index is 652. The number of imidazole rings is 1. The van der Waals surface area contributed by atoms with Crippen LogP contribution in [-0.2, 0) is 6.42 Å². The van der Waals surface area contributed by atoms with Crippen LogP contribution in [0.25, 0.3) is 5.65 Å². The van der Waals surface area contributed by atoms with E-state index in [4.69, 9.17) is 4.98 Å². The molecule has 3 rings (SSSR count). The average Bonchev–Trinajstić information content (AvgIpc) is 3.16. The summed E-state index contributed by atoms with van der Waals surface area (Å²) in [6, 6.07) is 4.74. The van der Waals surface area contributed by atoms with Crippen LogP contribution in [0, 0.1) is 6.92 Å². The summed E-state index contributed by atoms with van der Waals surface area (Å²) in [5, 5.41) is 6.89. The molecule has 0 amide bonds. The van der Waals surface area contributed by atoms with Crippen LogP contribution in [-0.4, -0.2) is 35.0 Å². The second-order valence-corrected chi connectivity index (χ2v) is 6.03. The fourth-order valence-corrected chi connectivity index (χ4v) is 3.09. The molecule has 0 radical (unpaired) electrons. The lowest BCUT2D eigenvalue weighted by Gasteiger charge is -2.16. The second-order valence-electron chi connectivity index (χ2n) is 6.03. The first-order valence-corrected chi connectivity index (χ1v) is 8.16. The highest BCUT2D eigenvalue weighted by Crippen LogP contribution is 2.17. The first-order chi connectivity index (χ1) is 10.8. The van der Waals surface area contributed by atoms with Crippen molar-refractivity contribution in [3.63, 3.8) is 0 Å². The Balaban J connectivity index is 1.53. The van der Waals surface area contributed by atoms with Crippen molar-refractivity contribution in [2.45, 2.75) is 45.1 Å². The molecule has 2 heterocycles. The molecule has 0 bridgehead atoms. The lowest BCUT2D eigenvalue weighted by atomic mass is 10.2. The van der Waals surface area contributed by atoms with E-state index in [0.29, 0.717) is 6.04 Å². The maximum absolute atomic E-state index is 4.70. The smallest absolute Gasteiger partial charge is 0.191 e. The molecule has 5 nitrogen and oxygen atoms in total. The Labute approximate surface area is 131 Å². The number of aryl methyl sites for hydroxylation is 1. The SMILES string of the molecule is CN=C(NCCc1cn2cccc(C)c2n1)NC1CCCC1. The van der Waals surface area contributed by atoms with Gasteiger partial charge in [0.1, 0.15) is 5.65 Å². The molecule has 0 saturated heterocycles. The van der Waals surface area contributed by atoms with E-state index in [1.54, 1.807) is 0 Å². The van der Waals surface area contributed by atoms with Crippen LogP contribution in [0.3, 0.4) is 0 Å². The molecule has 2 aromatic heterocycles. The average molecular weight is 299 g/mol. The largest absolute Gasteiger partial charge is 0.356 e. The normalized spacial score (nSPS) is 16.4. The van der Waals surface area contributed by atoms with Gasteiger partial charge in [0.15, 0.2) is 5.96 Å². The number of guanidine groups is 1. The minimum absolute atomic E-state index is 0.587. The number of rotatable bonds is 4. The number of nitrogens with one attached hydrogen (secondary N) is 2. The molecule has 0 unspecified atom stereocenters. The summed E-state index contributed by atoms with van der Waals surface area (Å²) < 4.78 is 2.09. The number of aliphatic imine (C=N–C) groups is 1. The molecule has 118 valence electrons. The van der Waals surface area contributed by atoms with Gasteiger partial charge in [-0.25, -0.2) is 4.98 Å². The van der Waals surface area contributed by atoms with Gasteiger partial charge in [-0.1, -0.05) is 18.9 Å². The van der Waals surface area contributed by atoms with Crippen molar-refractivity contribution in [1.29, 1.82) is 0 Å². The van der Waals surface area contributed by atoms with Crippen molar-refractivity contribution in [3.05, 3.63) is 35.8 Å². The Morgan fingerprint density at radius 3 is 2.95 bits per heavy atom. The van der Waals surface area contributed by atoms with Crippen molar-refractivity contribution in [2.24, 2.45) is 4.99 Å². The van der Waals surface area contributed by atoms with E-state index in [2.05, 4.69) is 45.3 Å². The maximum atomic E-state index is 4.70. The number of aromatic nitrogens is 2. The minimum Gasteiger partial charge on any atom is -0.356 e. The molecule has 2 aromatic rings. The van der Waals surface area contributed by atoms with Crippen LogP contribution >= 0.6 is 0 Å². The first-order valence-electron chi connectivity index (χ1n) is 8.16. The van der Waals surface area contributed by atoms with Crippen molar-refractivity contribution in [1.82, 2.24) is 20.0 Å². The van der Waals surface area contributed by atoms with E-state index in [9.17, 15) is 0 Å². The molecule has 1 saturated carbocycles. The van der Waals surface area contributed by atoms with E-state index < -0.39 is 0 Å². The van der Waals surface area contributed by atoms with Gasteiger partial charge < -0.3 is 15.0 Å². The molecule has 1 aliphatic carbocycles. The van der Waals surface area contributed by atoms with Crippen molar-refractivity contribution in [2.75, 3.05) is 13.6 Å². The lowest BCUT2D eigenvalue weighted by Crippen LogP contribution is -2.43. The van der Waals surface area contributed by atoms with Crippen LogP contribution < -0.4 is 10.6 Å². The van der Waals surface area contributed by atoms with Crippen LogP contribution in [0.5, 0.6) is 0 Å². The predicted molar refractivity (Wildman–Crippen MR) is 90.4 cm³/mol. The van der Waals surface area contributed by atoms with Crippen LogP contribution in [0.2, 0.25) is 0 Å². The van der Waals surface area contributed by atoms with Crippen LogP contribution in [0.4, 0.5) is 0 Å². The molecule has 2 N–H and O–H groups in total. The van der Waals surface area contributed by atoms with E-state index >= 15 is 0 Å². The quantitative estimate of drug-likeness (QED) is 0.673. The van der Waals surface area contributed by atoms with Gasteiger partial charge in [0, 0.05) is 38.4 Å². The van der Waals surface area contributed by atoms with Gasteiger partial charge in [-0.15, -0.1) is 0 Å². The maximum Gasteiger partial charge on any atom is 0.191 e. The van der Waals surface area contributed by atoms with Gasteiger partial charge in [-0.05, 0) is 31.4 Å². The van der Waals surface area contributed by atoms with Crippen LogP contribution in [0.1, 0.15) is 36.9 Å². The fraction of sp³-hybridized carbons (Fsp3) is 0.529. The number of pyridine rings is 1. The molecule has 1 aliphatic rings. The Hall–Kier alpha value is -2.04. The topological polar surface area (TPSA) is 53.7 Å². The van der Waals surface area contributed by atoms with Gasteiger partial charge in [0.05, 0.1) is 5.69 Å². The summed E-state index contributed by atoms with van der Waals surface area (Å²) >= 11 is 0. The summed E-state index contributed by atoms with van der Waals surface area (Å²) in [5.74, 6) is 0.909. The zero-order chi connectivity index (χ0) is 15.4. The zero-order valence-corrected chi connectivity index (χ0v) is 13.5. The monoisotopic (exact) mass is 299 g/mol. The predicted octanol–water partition coefficient (Wildman–Crippen LogP) is 2.29. The van der Waals surface area contributed by atoms with Crippen molar-refractivity contribution < 1.29 is 0 Å². The fourth-order valence-electron chi connectivity index (χ4n) is 3.09. The number of hydrogen-bond donors (Lipinski definition) is 2. The molecular weight excluding hydrogens is 274 g/mol. The summed E-state index contributed by atoms with van der Waals surface area (Å²) in [6.45, 7) is 2.94. The highest BCUT2D eigenvalue weighted by molar-refractivity contribution is 5.79. The molecule has 0 aliphatic heterocycles. The Kier molecular flexibility index (Phi) is 4.61. The summed E-state index contributed by atoms with van der Waals surface area (Å²) in [7, 11) is 1.83. The molecule has 0 aromatic carbocycles. The molecule has 5 heteroatoms. The third kappa shape index (κ3) is 3.40. The van der Waals surface area contributed by atoms with Gasteiger partial charge in [0.25, 0.3) is 0 Å². The zero-order valence-electron chi connectivity index (χ0n) is 13.5. The van der Waals surface area contributed by atoms with E-state index in [1.165, 1.54) is 31.2 Å². The molecule has 0 spiro atoms. The highest BCUT2D eigenvalue weighted by Gasteiger charge is 2.15. The second kappa shape index (κ2) is 6.81. The van der Waals surface area contributed by atoms with Gasteiger partial charge in [-0.2, -0.15) is 0 Å². The van der Waals surface area contributed by atoms with Gasteiger partial charge in [-0.3, -0.25) is 4.99 Å². The van der Waals surface area contributed by atoms with E-state index in [-0.39, 0.29) is 0 Å². The summed E-state index contributed by atoms with van der Waals surface area (Å²) in [5.41, 5.74) is 3.37. The Morgan fingerprint density at radius 2 is 2.23 bits per heavy atom.